The maximum atomic E-state index is 6.39. The molecule has 5 heterocycles. The highest BCUT2D eigenvalue weighted by molar-refractivity contribution is 6.00. The number of aromatic nitrogens is 3. The fraction of sp³-hybridized carbons (Fsp3) is 0.556. The molecule has 7 heteroatoms. The van der Waals surface area contributed by atoms with Crippen molar-refractivity contribution in [1.82, 2.24) is 19.4 Å². The first-order valence-electron chi connectivity index (χ1n) is 12.9. The third kappa shape index (κ3) is 3.48. The maximum absolute atomic E-state index is 6.39. The number of nitrogens with two attached hydrogens (primary N) is 1. The summed E-state index contributed by atoms with van der Waals surface area (Å²) in [5, 5.41) is 0.946. The Labute approximate surface area is 200 Å². The van der Waals surface area contributed by atoms with E-state index >= 15 is 0 Å². The number of ether oxygens (including phenoxy) is 2. The summed E-state index contributed by atoms with van der Waals surface area (Å²) in [7, 11) is 0. The maximum Gasteiger partial charge on any atom is 0.146 e. The zero-order valence-electron chi connectivity index (χ0n) is 19.7. The summed E-state index contributed by atoms with van der Waals surface area (Å²) in [5.41, 5.74) is 9.43. The van der Waals surface area contributed by atoms with Crippen molar-refractivity contribution in [1.29, 1.82) is 0 Å². The summed E-state index contributed by atoms with van der Waals surface area (Å²) in [6, 6.07) is 8.82. The van der Waals surface area contributed by atoms with Crippen molar-refractivity contribution >= 4 is 16.9 Å². The van der Waals surface area contributed by atoms with Crippen LogP contribution in [-0.2, 0) is 4.74 Å². The zero-order chi connectivity index (χ0) is 22.7. The average Bonchev–Trinajstić information content (AvgIpc) is 3.50. The summed E-state index contributed by atoms with van der Waals surface area (Å²) < 4.78 is 14.8. The van der Waals surface area contributed by atoms with Gasteiger partial charge < -0.3 is 24.7 Å². The van der Waals surface area contributed by atoms with Gasteiger partial charge in [-0.3, -0.25) is 0 Å². The van der Waals surface area contributed by atoms with Crippen molar-refractivity contribution in [3.05, 3.63) is 36.8 Å². The van der Waals surface area contributed by atoms with E-state index in [4.69, 9.17) is 15.2 Å². The molecule has 2 bridgehead atoms. The first-order valence-corrected chi connectivity index (χ1v) is 12.9. The molecular weight excluding hydrogens is 426 g/mol. The topological polar surface area (TPSA) is 78.4 Å². The molecule has 34 heavy (non-hydrogen) atoms. The van der Waals surface area contributed by atoms with Crippen LogP contribution in [-0.4, -0.2) is 57.4 Å². The molecule has 1 saturated carbocycles. The van der Waals surface area contributed by atoms with Crippen LogP contribution < -0.4 is 10.5 Å². The molecule has 178 valence electrons. The van der Waals surface area contributed by atoms with Gasteiger partial charge in [0.25, 0.3) is 0 Å². The Morgan fingerprint density at radius 1 is 1.15 bits per heavy atom. The second-order valence-electron chi connectivity index (χ2n) is 10.9. The molecule has 2 aromatic heterocycles. The minimum atomic E-state index is -0.0776. The molecule has 3 saturated heterocycles. The number of anilines is 1. The van der Waals surface area contributed by atoms with Crippen molar-refractivity contribution in [3.63, 3.8) is 0 Å². The van der Waals surface area contributed by atoms with Gasteiger partial charge in [-0.2, -0.15) is 0 Å². The van der Waals surface area contributed by atoms with Crippen LogP contribution in [0.25, 0.3) is 22.2 Å². The number of hydrogen-bond donors (Lipinski definition) is 1. The summed E-state index contributed by atoms with van der Waals surface area (Å²) in [6.45, 7) is 4.41. The van der Waals surface area contributed by atoms with Crippen LogP contribution in [0.5, 0.6) is 5.75 Å². The fourth-order valence-electron chi connectivity index (χ4n) is 6.47. The Morgan fingerprint density at radius 3 is 2.74 bits per heavy atom. The molecule has 7 rings (SSSR count). The van der Waals surface area contributed by atoms with E-state index in [1.165, 1.54) is 51.7 Å². The van der Waals surface area contributed by atoms with E-state index in [9.17, 15) is 0 Å². The van der Waals surface area contributed by atoms with E-state index in [0.29, 0.717) is 24.6 Å². The van der Waals surface area contributed by atoms with Crippen molar-refractivity contribution in [2.75, 3.05) is 32.0 Å². The molecule has 0 atom stereocenters. The molecule has 0 unspecified atom stereocenters. The van der Waals surface area contributed by atoms with E-state index in [0.717, 1.165) is 46.7 Å². The third-order valence-electron chi connectivity index (χ3n) is 8.62. The van der Waals surface area contributed by atoms with Gasteiger partial charge in [0, 0.05) is 24.3 Å². The molecule has 1 aromatic carbocycles. The van der Waals surface area contributed by atoms with Gasteiger partial charge in [0.15, 0.2) is 0 Å². The van der Waals surface area contributed by atoms with Gasteiger partial charge >= 0.3 is 0 Å². The minimum absolute atomic E-state index is 0.0776. The number of hydrogen-bond acceptors (Lipinski definition) is 6. The van der Waals surface area contributed by atoms with Crippen LogP contribution in [0.2, 0.25) is 0 Å². The highest BCUT2D eigenvalue weighted by atomic mass is 16.6. The summed E-state index contributed by atoms with van der Waals surface area (Å²) >= 11 is 0. The number of nitrogen functional groups attached to an aromatic ring is 1. The van der Waals surface area contributed by atoms with Gasteiger partial charge in [-0.1, -0.05) is 12.1 Å². The Balaban J connectivity index is 1.15. The number of likely N-dealkylation sites (tertiary alicyclic amines) is 1. The third-order valence-corrected chi connectivity index (χ3v) is 8.62. The zero-order valence-corrected chi connectivity index (χ0v) is 19.7. The second kappa shape index (κ2) is 7.95. The smallest absolute Gasteiger partial charge is 0.146 e. The minimum Gasteiger partial charge on any atom is -0.491 e. The van der Waals surface area contributed by atoms with E-state index in [1.807, 2.05) is 6.07 Å². The van der Waals surface area contributed by atoms with Crippen molar-refractivity contribution in [2.24, 2.45) is 5.92 Å². The molecule has 0 spiro atoms. The van der Waals surface area contributed by atoms with Gasteiger partial charge in [-0.15, -0.1) is 0 Å². The van der Waals surface area contributed by atoms with Crippen molar-refractivity contribution in [2.45, 2.75) is 62.7 Å². The molecule has 0 radical (unpaired) electrons. The van der Waals surface area contributed by atoms with Gasteiger partial charge in [-0.05, 0) is 81.6 Å². The first kappa shape index (κ1) is 20.7. The van der Waals surface area contributed by atoms with Gasteiger partial charge in [0.2, 0.25) is 0 Å². The lowest BCUT2D eigenvalue weighted by Gasteiger charge is -2.42. The summed E-state index contributed by atoms with van der Waals surface area (Å²) in [5.74, 6) is 2.20. The van der Waals surface area contributed by atoms with Gasteiger partial charge in [-0.25, -0.2) is 9.97 Å². The lowest BCUT2D eigenvalue weighted by atomic mass is 9.79. The second-order valence-corrected chi connectivity index (χ2v) is 10.9. The standard InChI is InChI=1S/C27H33N5O2/c28-25-24-23(19-3-1-4-22(13-19)33-16-27-7-5-21(34-27)6-8-27)15-32(26(24)30-17-29-25)20-11-18(12-20)14-31-9-2-10-31/h1,3-4,13,15,17-18,20-21H,2,5-12,14,16H2,(H2,28,29,30). The van der Waals surface area contributed by atoms with Gasteiger partial charge in [0.1, 0.15) is 35.7 Å². The monoisotopic (exact) mass is 459 g/mol. The van der Waals surface area contributed by atoms with Crippen LogP contribution in [0.3, 0.4) is 0 Å². The molecule has 4 aliphatic rings. The van der Waals surface area contributed by atoms with E-state index in [-0.39, 0.29) is 5.60 Å². The summed E-state index contributed by atoms with van der Waals surface area (Å²) in [4.78, 5) is 11.5. The Bertz CT molecular complexity index is 1200. The number of nitrogens with zero attached hydrogens (tertiary/aromatic N) is 4. The highest BCUT2D eigenvalue weighted by Gasteiger charge is 2.46. The van der Waals surface area contributed by atoms with Crippen LogP contribution in [0, 0.1) is 5.92 Å². The van der Waals surface area contributed by atoms with E-state index in [1.54, 1.807) is 6.33 Å². The molecule has 3 aromatic rings. The Kier molecular flexibility index (Phi) is 4.84. The Morgan fingerprint density at radius 2 is 2.00 bits per heavy atom. The molecule has 3 aliphatic heterocycles. The first-order chi connectivity index (χ1) is 16.7. The average molecular weight is 460 g/mol. The molecule has 2 N–H and O–H groups in total. The number of rotatable bonds is 7. The Hall–Kier alpha value is -2.64. The van der Waals surface area contributed by atoms with Crippen molar-refractivity contribution in [3.8, 4) is 16.9 Å². The normalized spacial score (nSPS) is 30.4. The van der Waals surface area contributed by atoms with Gasteiger partial charge in [0.05, 0.1) is 11.5 Å². The highest BCUT2D eigenvalue weighted by Crippen LogP contribution is 2.45. The lowest BCUT2D eigenvalue weighted by Crippen LogP contribution is -2.43. The quantitative estimate of drug-likeness (QED) is 0.563. The predicted molar refractivity (Wildman–Crippen MR) is 132 cm³/mol. The molecular formula is C27H33N5O2. The van der Waals surface area contributed by atoms with Crippen LogP contribution in [0.4, 0.5) is 5.82 Å². The number of benzene rings is 1. The predicted octanol–water partition coefficient (Wildman–Crippen LogP) is 4.43. The molecule has 1 aliphatic carbocycles. The van der Waals surface area contributed by atoms with Crippen molar-refractivity contribution < 1.29 is 9.47 Å². The summed E-state index contributed by atoms with van der Waals surface area (Å²) in [6.07, 6.45) is 12.6. The van der Waals surface area contributed by atoms with E-state index < -0.39 is 0 Å². The van der Waals surface area contributed by atoms with Crippen LogP contribution in [0.15, 0.2) is 36.8 Å². The van der Waals surface area contributed by atoms with E-state index in [2.05, 4.69) is 43.8 Å². The molecule has 0 amide bonds. The largest absolute Gasteiger partial charge is 0.491 e. The van der Waals surface area contributed by atoms with Crippen LogP contribution in [0.1, 0.15) is 51.0 Å². The molecule has 4 fully saturated rings. The fourth-order valence-corrected chi connectivity index (χ4v) is 6.47. The van der Waals surface area contributed by atoms with Crippen LogP contribution >= 0.6 is 0 Å². The lowest BCUT2D eigenvalue weighted by molar-refractivity contribution is -0.0198. The SMILES string of the molecule is Nc1ncnc2c1c(-c1cccc(OCC34CCC(CC3)O4)c1)cn2C1CC(CN2CCC2)C1. The number of fused-ring (bicyclic) bond motifs is 3. The molecule has 7 nitrogen and oxygen atoms in total.